The molecule has 0 radical (unpaired) electrons. The van der Waals surface area contributed by atoms with Gasteiger partial charge in [0.05, 0.1) is 25.9 Å². The van der Waals surface area contributed by atoms with Gasteiger partial charge < -0.3 is 24.4 Å². The summed E-state index contributed by atoms with van der Waals surface area (Å²) >= 11 is 7.50. The highest BCUT2D eigenvalue weighted by atomic mass is 32.1. The number of nitrogens with zero attached hydrogens (tertiary/aromatic N) is 1. The van der Waals surface area contributed by atoms with Crippen LogP contribution in [-0.4, -0.2) is 49.0 Å². The Bertz CT molecular complexity index is 777. The van der Waals surface area contributed by atoms with E-state index in [2.05, 4.69) is 39.9 Å². The molecule has 3 rings (SSSR count). The predicted molar refractivity (Wildman–Crippen MR) is 127 cm³/mol. The normalized spacial score (nSPS) is 15.7. The van der Waals surface area contributed by atoms with Crippen LogP contribution in [0.5, 0.6) is 11.5 Å². The zero-order chi connectivity index (χ0) is 21.2. The topological polar surface area (TPSA) is 43.0 Å². The molecule has 164 valence electrons. The van der Waals surface area contributed by atoms with Crippen molar-refractivity contribution in [3.63, 3.8) is 0 Å². The lowest BCUT2D eigenvalue weighted by atomic mass is 10.1. The molecule has 2 heterocycles. The van der Waals surface area contributed by atoms with Crippen LogP contribution in [0.15, 0.2) is 35.7 Å². The molecule has 0 aliphatic carbocycles. The maximum absolute atomic E-state index is 5.84. The van der Waals surface area contributed by atoms with Gasteiger partial charge in [0, 0.05) is 24.6 Å². The van der Waals surface area contributed by atoms with E-state index in [0.29, 0.717) is 13.2 Å². The molecule has 0 spiro atoms. The largest absolute Gasteiger partial charge is 0.490 e. The van der Waals surface area contributed by atoms with Crippen molar-refractivity contribution in [2.45, 2.75) is 45.8 Å². The van der Waals surface area contributed by atoms with E-state index < -0.39 is 0 Å². The number of thiophene rings is 1. The molecule has 1 aliphatic heterocycles. The second-order valence-corrected chi connectivity index (χ2v) is 8.64. The first-order valence-corrected chi connectivity index (χ1v) is 12.0. The van der Waals surface area contributed by atoms with Gasteiger partial charge in [0.1, 0.15) is 0 Å². The van der Waals surface area contributed by atoms with Crippen molar-refractivity contribution in [3.8, 4) is 11.5 Å². The molecule has 0 saturated carbocycles. The van der Waals surface area contributed by atoms with Crippen molar-refractivity contribution in [3.05, 3.63) is 46.2 Å². The molecule has 30 heavy (non-hydrogen) atoms. The first-order chi connectivity index (χ1) is 14.7. The molecule has 1 unspecified atom stereocenters. The molecule has 1 aliphatic rings. The summed E-state index contributed by atoms with van der Waals surface area (Å²) in [6, 6.07) is 10.4. The van der Waals surface area contributed by atoms with Crippen LogP contribution in [0.4, 0.5) is 0 Å². The molecule has 5 nitrogen and oxygen atoms in total. The van der Waals surface area contributed by atoms with Gasteiger partial charge in [-0.15, -0.1) is 11.3 Å². The minimum atomic E-state index is 0.268. The quantitative estimate of drug-likeness (QED) is 0.505. The lowest BCUT2D eigenvalue weighted by Gasteiger charge is -2.28. The molecular weight excluding hydrogens is 416 g/mol. The van der Waals surface area contributed by atoms with Crippen molar-refractivity contribution in [2.24, 2.45) is 0 Å². The Morgan fingerprint density at radius 3 is 2.77 bits per heavy atom. The molecule has 1 aromatic heterocycles. The third-order valence-corrected chi connectivity index (χ3v) is 6.22. The van der Waals surface area contributed by atoms with Crippen molar-refractivity contribution < 1.29 is 14.2 Å². The maximum atomic E-state index is 5.84. The molecule has 1 saturated heterocycles. The summed E-state index contributed by atoms with van der Waals surface area (Å²) in [5.74, 6) is 1.60. The highest BCUT2D eigenvalue weighted by Crippen LogP contribution is 2.28. The van der Waals surface area contributed by atoms with E-state index in [-0.39, 0.29) is 6.10 Å². The SMILES string of the molecule is CCOc1ccc(CCNC(=S)N(Cc2cccs2)CC2CCCO2)cc1OCC. The molecule has 2 aromatic rings. The van der Waals surface area contributed by atoms with Crippen LogP contribution in [0.3, 0.4) is 0 Å². The highest BCUT2D eigenvalue weighted by Gasteiger charge is 2.21. The minimum absolute atomic E-state index is 0.268. The van der Waals surface area contributed by atoms with E-state index in [4.69, 9.17) is 26.4 Å². The van der Waals surface area contributed by atoms with Gasteiger partial charge >= 0.3 is 0 Å². The van der Waals surface area contributed by atoms with Crippen LogP contribution in [0.25, 0.3) is 0 Å². The van der Waals surface area contributed by atoms with Crippen molar-refractivity contribution >= 4 is 28.7 Å². The number of rotatable bonds is 11. The second-order valence-electron chi connectivity index (χ2n) is 7.22. The number of nitrogens with one attached hydrogen (secondary N) is 1. The Balaban J connectivity index is 1.55. The van der Waals surface area contributed by atoms with Gasteiger partial charge in [-0.1, -0.05) is 12.1 Å². The first-order valence-electron chi connectivity index (χ1n) is 10.7. The van der Waals surface area contributed by atoms with E-state index in [1.54, 1.807) is 11.3 Å². The van der Waals surface area contributed by atoms with Gasteiger partial charge in [0.25, 0.3) is 0 Å². The van der Waals surface area contributed by atoms with Crippen LogP contribution in [0, 0.1) is 0 Å². The summed E-state index contributed by atoms with van der Waals surface area (Å²) in [4.78, 5) is 3.55. The summed E-state index contributed by atoms with van der Waals surface area (Å²) in [6.45, 7) is 8.49. The van der Waals surface area contributed by atoms with Crippen LogP contribution in [-0.2, 0) is 17.7 Å². The number of benzene rings is 1. The van der Waals surface area contributed by atoms with Gasteiger partial charge in [0.2, 0.25) is 0 Å². The third-order valence-electron chi connectivity index (χ3n) is 4.96. The minimum Gasteiger partial charge on any atom is -0.490 e. The molecule has 7 heteroatoms. The smallest absolute Gasteiger partial charge is 0.169 e. The first kappa shape index (κ1) is 22.8. The van der Waals surface area contributed by atoms with Crippen LogP contribution in [0.2, 0.25) is 0 Å². The van der Waals surface area contributed by atoms with E-state index in [1.807, 2.05) is 19.9 Å². The van der Waals surface area contributed by atoms with E-state index >= 15 is 0 Å². The number of hydrogen-bond donors (Lipinski definition) is 1. The Hall–Kier alpha value is -1.83. The number of hydrogen-bond acceptors (Lipinski definition) is 5. The van der Waals surface area contributed by atoms with Crippen LogP contribution in [0.1, 0.15) is 37.1 Å². The zero-order valence-corrected chi connectivity index (χ0v) is 19.5. The predicted octanol–water partition coefficient (Wildman–Crippen LogP) is 4.64. The average molecular weight is 449 g/mol. The summed E-state index contributed by atoms with van der Waals surface area (Å²) in [5.41, 5.74) is 1.20. The lowest BCUT2D eigenvalue weighted by molar-refractivity contribution is 0.0899. The second kappa shape index (κ2) is 12.1. The Kier molecular flexibility index (Phi) is 9.24. The molecular formula is C23H32N2O3S2. The fourth-order valence-corrected chi connectivity index (χ4v) is 4.48. The summed E-state index contributed by atoms with van der Waals surface area (Å²) in [5, 5.41) is 6.34. The van der Waals surface area contributed by atoms with Crippen molar-refractivity contribution in [1.82, 2.24) is 10.2 Å². The zero-order valence-electron chi connectivity index (χ0n) is 17.9. The fraction of sp³-hybridized carbons (Fsp3) is 0.522. The Morgan fingerprint density at radius 1 is 1.23 bits per heavy atom. The molecule has 1 N–H and O–H groups in total. The van der Waals surface area contributed by atoms with E-state index in [1.165, 1.54) is 10.4 Å². The molecule has 0 bridgehead atoms. The van der Waals surface area contributed by atoms with Crippen molar-refractivity contribution in [2.75, 3.05) is 32.9 Å². The summed E-state index contributed by atoms with van der Waals surface area (Å²) in [6.07, 6.45) is 3.37. The van der Waals surface area contributed by atoms with Gasteiger partial charge in [-0.25, -0.2) is 0 Å². The lowest BCUT2D eigenvalue weighted by Crippen LogP contribution is -2.43. The summed E-state index contributed by atoms with van der Waals surface area (Å²) < 4.78 is 17.2. The maximum Gasteiger partial charge on any atom is 0.169 e. The van der Waals surface area contributed by atoms with Crippen molar-refractivity contribution in [1.29, 1.82) is 0 Å². The highest BCUT2D eigenvalue weighted by molar-refractivity contribution is 7.80. The molecule has 0 amide bonds. The van der Waals surface area contributed by atoms with Gasteiger partial charge in [-0.2, -0.15) is 0 Å². The Labute approximate surface area is 189 Å². The average Bonchev–Trinajstić information content (AvgIpc) is 3.44. The third kappa shape index (κ3) is 6.86. The monoisotopic (exact) mass is 448 g/mol. The fourth-order valence-electron chi connectivity index (χ4n) is 3.52. The Morgan fingerprint density at radius 2 is 2.07 bits per heavy atom. The number of ether oxygens (including phenoxy) is 3. The molecule has 1 fully saturated rings. The standard InChI is InChI=1S/C23H32N2O3S2/c1-3-26-21-10-9-18(15-22(21)27-4-2)11-12-24-23(29)25(16-19-7-5-13-28-19)17-20-8-6-14-30-20/h6,8-10,14-15,19H,3-5,7,11-13,16-17H2,1-2H3,(H,24,29). The van der Waals surface area contributed by atoms with E-state index in [9.17, 15) is 0 Å². The van der Waals surface area contributed by atoms with Gasteiger partial charge in [-0.05, 0) is 74.5 Å². The summed E-state index contributed by atoms with van der Waals surface area (Å²) in [7, 11) is 0. The molecule has 1 aromatic carbocycles. The van der Waals surface area contributed by atoms with E-state index in [0.717, 1.165) is 62.1 Å². The van der Waals surface area contributed by atoms with Gasteiger partial charge in [0.15, 0.2) is 16.6 Å². The molecule has 1 atom stereocenters. The van der Waals surface area contributed by atoms with Gasteiger partial charge in [-0.3, -0.25) is 0 Å². The van der Waals surface area contributed by atoms with Crippen LogP contribution >= 0.6 is 23.6 Å². The number of thiocarbonyl (C=S) groups is 1. The van der Waals surface area contributed by atoms with Crippen LogP contribution < -0.4 is 14.8 Å².